The summed E-state index contributed by atoms with van der Waals surface area (Å²) in [5.41, 5.74) is 5.40. The van der Waals surface area contributed by atoms with Gasteiger partial charge in [-0.25, -0.2) is 4.68 Å². The van der Waals surface area contributed by atoms with Crippen molar-refractivity contribution in [2.75, 3.05) is 11.9 Å². The summed E-state index contributed by atoms with van der Waals surface area (Å²) in [5.74, 6) is 2.69. The van der Waals surface area contributed by atoms with Gasteiger partial charge in [-0.3, -0.25) is 0 Å². The fourth-order valence-corrected chi connectivity index (χ4v) is 3.44. The number of hydrogen-bond acceptors (Lipinski definition) is 2. The SMILES string of the molecule is Cc1ccc(C2CCNc3cc(C4CC4C)nn32)cc1C. The largest absolute Gasteiger partial charge is 0.370 e. The number of nitrogens with zero attached hydrogens (tertiary/aromatic N) is 2. The second-order valence-corrected chi connectivity index (χ2v) is 6.79. The molecule has 21 heavy (non-hydrogen) atoms. The lowest BCUT2D eigenvalue weighted by atomic mass is 9.98. The molecule has 2 aromatic rings. The molecule has 1 aromatic heterocycles. The molecule has 1 N–H and O–H groups in total. The number of hydrogen-bond donors (Lipinski definition) is 1. The van der Waals surface area contributed by atoms with Crippen LogP contribution in [0.5, 0.6) is 0 Å². The highest BCUT2D eigenvalue weighted by atomic mass is 15.4. The van der Waals surface area contributed by atoms with E-state index in [1.54, 1.807) is 0 Å². The number of fused-ring (bicyclic) bond motifs is 1. The first-order chi connectivity index (χ1) is 10.1. The zero-order chi connectivity index (χ0) is 14.6. The van der Waals surface area contributed by atoms with Crippen LogP contribution < -0.4 is 5.32 Å². The summed E-state index contributed by atoms with van der Waals surface area (Å²) in [4.78, 5) is 0. The summed E-state index contributed by atoms with van der Waals surface area (Å²) < 4.78 is 2.22. The van der Waals surface area contributed by atoms with Crippen molar-refractivity contribution in [2.24, 2.45) is 5.92 Å². The van der Waals surface area contributed by atoms with Crippen LogP contribution in [0, 0.1) is 19.8 Å². The van der Waals surface area contributed by atoms with E-state index in [0.29, 0.717) is 12.0 Å². The van der Waals surface area contributed by atoms with E-state index in [4.69, 9.17) is 5.10 Å². The van der Waals surface area contributed by atoms with Crippen LogP contribution in [-0.4, -0.2) is 16.3 Å². The Morgan fingerprint density at radius 3 is 2.71 bits per heavy atom. The normalized spacial score (nSPS) is 27.1. The zero-order valence-electron chi connectivity index (χ0n) is 13.1. The van der Waals surface area contributed by atoms with E-state index in [1.165, 1.54) is 34.6 Å². The molecule has 3 unspecified atom stereocenters. The molecule has 3 nitrogen and oxygen atoms in total. The molecule has 4 rings (SSSR count). The van der Waals surface area contributed by atoms with Crippen LogP contribution in [0.4, 0.5) is 5.82 Å². The predicted octanol–water partition coefficient (Wildman–Crippen LogP) is 4.03. The van der Waals surface area contributed by atoms with Gasteiger partial charge in [0.25, 0.3) is 0 Å². The lowest BCUT2D eigenvalue weighted by Crippen LogP contribution is -2.24. The third-order valence-electron chi connectivity index (χ3n) is 5.18. The summed E-state index contributed by atoms with van der Waals surface area (Å²) >= 11 is 0. The quantitative estimate of drug-likeness (QED) is 0.900. The summed E-state index contributed by atoms with van der Waals surface area (Å²) in [5, 5.41) is 8.43. The van der Waals surface area contributed by atoms with Gasteiger partial charge >= 0.3 is 0 Å². The number of aryl methyl sites for hydroxylation is 2. The fraction of sp³-hybridized carbons (Fsp3) is 0.500. The molecule has 110 valence electrons. The Morgan fingerprint density at radius 2 is 2.00 bits per heavy atom. The van der Waals surface area contributed by atoms with E-state index in [1.807, 2.05) is 0 Å². The van der Waals surface area contributed by atoms with Crippen LogP contribution in [0.2, 0.25) is 0 Å². The minimum Gasteiger partial charge on any atom is -0.370 e. The van der Waals surface area contributed by atoms with E-state index in [-0.39, 0.29) is 0 Å². The Balaban J connectivity index is 1.72. The topological polar surface area (TPSA) is 29.9 Å². The lowest BCUT2D eigenvalue weighted by Gasteiger charge is -2.26. The van der Waals surface area contributed by atoms with E-state index in [2.05, 4.69) is 55.0 Å². The average molecular weight is 281 g/mol. The molecule has 1 aliphatic carbocycles. The van der Waals surface area contributed by atoms with E-state index >= 15 is 0 Å². The molecule has 1 saturated carbocycles. The fourth-order valence-electron chi connectivity index (χ4n) is 3.44. The van der Waals surface area contributed by atoms with Crippen LogP contribution >= 0.6 is 0 Å². The van der Waals surface area contributed by atoms with Gasteiger partial charge in [0, 0.05) is 18.5 Å². The molecule has 0 spiro atoms. The van der Waals surface area contributed by atoms with Crippen LogP contribution in [0.1, 0.15) is 54.1 Å². The summed E-state index contributed by atoms with van der Waals surface area (Å²) in [6.45, 7) is 7.72. The van der Waals surface area contributed by atoms with Crippen molar-refractivity contribution in [1.29, 1.82) is 0 Å². The van der Waals surface area contributed by atoms with Crippen LogP contribution in [0.25, 0.3) is 0 Å². The third kappa shape index (κ3) is 2.15. The van der Waals surface area contributed by atoms with Crippen molar-refractivity contribution in [3.05, 3.63) is 46.6 Å². The zero-order valence-corrected chi connectivity index (χ0v) is 13.1. The molecule has 0 amide bonds. The van der Waals surface area contributed by atoms with Gasteiger partial charge in [-0.05, 0) is 49.3 Å². The predicted molar refractivity (Wildman–Crippen MR) is 85.9 cm³/mol. The molecule has 1 aliphatic heterocycles. The summed E-state index contributed by atoms with van der Waals surface area (Å²) in [6.07, 6.45) is 2.40. The Kier molecular flexibility index (Phi) is 2.84. The summed E-state index contributed by atoms with van der Waals surface area (Å²) in [7, 11) is 0. The minimum absolute atomic E-state index is 0.378. The third-order valence-corrected chi connectivity index (χ3v) is 5.18. The Bertz CT molecular complexity index is 686. The molecule has 0 saturated heterocycles. The van der Waals surface area contributed by atoms with E-state index in [9.17, 15) is 0 Å². The van der Waals surface area contributed by atoms with Gasteiger partial charge in [0.15, 0.2) is 0 Å². The van der Waals surface area contributed by atoms with Crippen molar-refractivity contribution in [3.63, 3.8) is 0 Å². The molecule has 3 atom stereocenters. The number of nitrogens with one attached hydrogen (secondary N) is 1. The molecular weight excluding hydrogens is 258 g/mol. The second kappa shape index (κ2) is 4.62. The maximum Gasteiger partial charge on any atom is 0.125 e. The van der Waals surface area contributed by atoms with Crippen molar-refractivity contribution in [2.45, 2.75) is 45.6 Å². The standard InChI is InChI=1S/C18H23N3/c1-11-4-5-14(8-12(11)2)17-6-7-19-18-10-16(20-21(17)18)15-9-13(15)3/h4-5,8,10,13,15,17,19H,6-7,9H2,1-3H3. The first-order valence-corrected chi connectivity index (χ1v) is 8.04. The van der Waals surface area contributed by atoms with Gasteiger partial charge < -0.3 is 5.32 Å². The maximum atomic E-state index is 4.93. The van der Waals surface area contributed by atoms with Crippen molar-refractivity contribution in [1.82, 2.24) is 9.78 Å². The van der Waals surface area contributed by atoms with Crippen LogP contribution in [-0.2, 0) is 0 Å². The van der Waals surface area contributed by atoms with Gasteiger partial charge in [0.2, 0.25) is 0 Å². The molecule has 3 heteroatoms. The number of rotatable bonds is 2. The molecule has 2 aliphatic rings. The molecular formula is C18H23N3. The first kappa shape index (κ1) is 12.9. The Morgan fingerprint density at radius 1 is 1.19 bits per heavy atom. The second-order valence-electron chi connectivity index (χ2n) is 6.79. The van der Waals surface area contributed by atoms with E-state index in [0.717, 1.165) is 18.9 Å². The van der Waals surface area contributed by atoms with E-state index < -0.39 is 0 Å². The minimum atomic E-state index is 0.378. The Hall–Kier alpha value is -1.77. The molecule has 0 radical (unpaired) electrons. The van der Waals surface area contributed by atoms with Crippen molar-refractivity contribution in [3.8, 4) is 0 Å². The molecule has 1 fully saturated rings. The highest BCUT2D eigenvalue weighted by molar-refractivity contribution is 5.44. The van der Waals surface area contributed by atoms with Gasteiger partial charge in [-0.2, -0.15) is 5.10 Å². The maximum absolute atomic E-state index is 4.93. The van der Waals surface area contributed by atoms with Crippen molar-refractivity contribution >= 4 is 5.82 Å². The van der Waals surface area contributed by atoms with Crippen molar-refractivity contribution < 1.29 is 0 Å². The highest BCUT2D eigenvalue weighted by Gasteiger charge is 2.37. The summed E-state index contributed by atoms with van der Waals surface area (Å²) in [6, 6.07) is 9.48. The Labute approximate surface area is 126 Å². The van der Waals surface area contributed by atoms with Gasteiger partial charge in [-0.1, -0.05) is 25.1 Å². The van der Waals surface area contributed by atoms with Gasteiger partial charge in [0.05, 0.1) is 11.7 Å². The number of aromatic nitrogens is 2. The number of benzene rings is 1. The molecule has 2 heterocycles. The molecule has 0 bridgehead atoms. The smallest absolute Gasteiger partial charge is 0.125 e. The van der Waals surface area contributed by atoms with Crippen LogP contribution in [0.15, 0.2) is 24.3 Å². The first-order valence-electron chi connectivity index (χ1n) is 8.04. The average Bonchev–Trinajstić information content (AvgIpc) is 3.04. The molecule has 1 aromatic carbocycles. The van der Waals surface area contributed by atoms with Crippen LogP contribution in [0.3, 0.4) is 0 Å². The number of anilines is 1. The van der Waals surface area contributed by atoms with Gasteiger partial charge in [-0.15, -0.1) is 0 Å². The van der Waals surface area contributed by atoms with Gasteiger partial charge in [0.1, 0.15) is 5.82 Å². The lowest BCUT2D eigenvalue weighted by molar-refractivity contribution is 0.477. The highest BCUT2D eigenvalue weighted by Crippen LogP contribution is 2.47. The monoisotopic (exact) mass is 281 g/mol.